The third-order valence-electron chi connectivity index (χ3n) is 4.32. The molecule has 17 heavy (non-hydrogen) atoms. The maximum absolute atomic E-state index is 8.50. The van der Waals surface area contributed by atoms with E-state index in [0.717, 1.165) is 19.3 Å². The molecular weight excluding hydrogens is 216 g/mol. The Labute approximate surface area is 102 Å². The average molecular weight is 234 g/mol. The third-order valence-corrected chi connectivity index (χ3v) is 4.32. The molecule has 4 unspecified atom stereocenters. The smallest absolute Gasteiger partial charge is 0.286 e. The van der Waals surface area contributed by atoms with Crippen LogP contribution in [-0.2, 0) is 9.47 Å². The maximum Gasteiger partial charge on any atom is 0.286 e. The van der Waals surface area contributed by atoms with Gasteiger partial charge in [-0.3, -0.25) is 0 Å². The Morgan fingerprint density at radius 2 is 1.94 bits per heavy atom. The molecule has 2 rings (SSSR count). The summed E-state index contributed by atoms with van der Waals surface area (Å²) in [4.78, 5) is 0. The fourth-order valence-electron chi connectivity index (χ4n) is 3.84. The van der Waals surface area contributed by atoms with Crippen molar-refractivity contribution >= 4 is 0 Å². The quantitative estimate of drug-likeness (QED) is 0.701. The Kier molecular flexibility index (Phi) is 3.43. The van der Waals surface area contributed by atoms with Crippen molar-refractivity contribution in [1.29, 1.82) is 10.5 Å². The number of ether oxygens (including phenoxy) is 2. The minimum Gasteiger partial charge on any atom is -0.427 e. The molecule has 2 bridgehead atoms. The first-order valence-electron chi connectivity index (χ1n) is 6.18. The Balaban J connectivity index is 1.94. The fraction of sp³-hybridized carbons (Fsp3) is 0.846. The van der Waals surface area contributed by atoms with Crippen LogP contribution in [0.15, 0.2) is 0 Å². The van der Waals surface area contributed by atoms with Gasteiger partial charge in [0, 0.05) is 5.41 Å². The van der Waals surface area contributed by atoms with Crippen LogP contribution in [0.4, 0.5) is 0 Å². The van der Waals surface area contributed by atoms with Crippen LogP contribution in [0.1, 0.15) is 32.6 Å². The van der Waals surface area contributed by atoms with Crippen LogP contribution < -0.4 is 0 Å². The van der Waals surface area contributed by atoms with E-state index >= 15 is 0 Å². The third kappa shape index (κ3) is 2.64. The van der Waals surface area contributed by atoms with Gasteiger partial charge in [-0.2, -0.15) is 10.5 Å². The normalized spacial score (nSPS) is 39.1. The first-order valence-corrected chi connectivity index (χ1v) is 6.18. The lowest BCUT2D eigenvalue weighted by Gasteiger charge is -2.37. The molecule has 0 aromatic carbocycles. The highest BCUT2D eigenvalue weighted by Crippen LogP contribution is 2.53. The molecule has 0 heterocycles. The summed E-state index contributed by atoms with van der Waals surface area (Å²) in [6.07, 6.45) is 8.16. The molecule has 0 amide bonds. The molecule has 0 aromatic rings. The largest absolute Gasteiger partial charge is 0.427 e. The van der Waals surface area contributed by atoms with Crippen LogP contribution in [0.3, 0.4) is 0 Å². The van der Waals surface area contributed by atoms with Crippen LogP contribution >= 0.6 is 0 Å². The van der Waals surface area contributed by atoms with Crippen LogP contribution in [-0.4, -0.2) is 13.2 Å². The van der Waals surface area contributed by atoms with Crippen molar-refractivity contribution in [3.05, 3.63) is 0 Å². The van der Waals surface area contributed by atoms with Gasteiger partial charge in [0.2, 0.25) is 0 Å². The first kappa shape index (κ1) is 12.0. The van der Waals surface area contributed by atoms with Crippen molar-refractivity contribution in [2.75, 3.05) is 13.2 Å². The van der Waals surface area contributed by atoms with Crippen molar-refractivity contribution in [2.24, 2.45) is 23.2 Å². The molecule has 0 radical (unpaired) electrons. The molecule has 0 aromatic heterocycles. The summed E-state index contributed by atoms with van der Waals surface area (Å²) in [5, 5.41) is 17.0. The van der Waals surface area contributed by atoms with Gasteiger partial charge in [-0.15, -0.1) is 0 Å². The van der Waals surface area contributed by atoms with Crippen LogP contribution in [0.5, 0.6) is 0 Å². The number of hydrogen-bond acceptors (Lipinski definition) is 4. The predicted octanol–water partition coefficient (Wildman–Crippen LogP) is 2.42. The average Bonchev–Trinajstić information content (AvgIpc) is 2.59. The number of nitriles is 2. The Bertz CT molecular complexity index is 357. The molecule has 2 saturated carbocycles. The summed E-state index contributed by atoms with van der Waals surface area (Å²) < 4.78 is 9.84. The van der Waals surface area contributed by atoms with E-state index in [1.54, 1.807) is 12.5 Å². The van der Waals surface area contributed by atoms with Crippen LogP contribution in [0, 0.1) is 46.2 Å². The predicted molar refractivity (Wildman–Crippen MR) is 60.2 cm³/mol. The number of hydrogen-bond donors (Lipinski definition) is 0. The minimum atomic E-state index is 0.130. The highest BCUT2D eigenvalue weighted by Gasteiger charge is 2.46. The van der Waals surface area contributed by atoms with Crippen LogP contribution in [0.25, 0.3) is 0 Å². The van der Waals surface area contributed by atoms with Gasteiger partial charge >= 0.3 is 0 Å². The molecule has 2 fully saturated rings. The summed E-state index contributed by atoms with van der Waals surface area (Å²) in [5.41, 5.74) is 0.130. The van der Waals surface area contributed by atoms with E-state index in [1.807, 2.05) is 0 Å². The lowest BCUT2D eigenvalue weighted by Crippen LogP contribution is -2.31. The van der Waals surface area contributed by atoms with Gasteiger partial charge in [-0.1, -0.05) is 6.92 Å². The molecule has 2 aliphatic carbocycles. The summed E-state index contributed by atoms with van der Waals surface area (Å²) in [5.74, 6) is 1.87. The van der Waals surface area contributed by atoms with E-state index in [1.165, 1.54) is 6.42 Å². The number of nitrogens with zero attached hydrogens (tertiary/aromatic N) is 2. The molecule has 0 spiro atoms. The monoisotopic (exact) mass is 234 g/mol. The van der Waals surface area contributed by atoms with Crippen LogP contribution in [0.2, 0.25) is 0 Å². The standard InChI is InChI=1S/C13H18N2O2/c1-13(7-17-9-15)4-10-2-11(5-13)12(3-10)6-16-8-14/h10-12H,2-7H2,1H3. The second-order valence-corrected chi connectivity index (χ2v) is 5.86. The number of rotatable bonds is 4. The lowest BCUT2D eigenvalue weighted by molar-refractivity contribution is 0.0565. The van der Waals surface area contributed by atoms with Gasteiger partial charge in [0.25, 0.3) is 12.5 Å². The fourth-order valence-corrected chi connectivity index (χ4v) is 3.84. The van der Waals surface area contributed by atoms with E-state index in [9.17, 15) is 0 Å². The highest BCUT2D eigenvalue weighted by molar-refractivity contribution is 4.96. The summed E-state index contributed by atoms with van der Waals surface area (Å²) in [7, 11) is 0. The second kappa shape index (κ2) is 4.84. The van der Waals surface area contributed by atoms with E-state index < -0.39 is 0 Å². The zero-order chi connectivity index (χ0) is 12.3. The summed E-state index contributed by atoms with van der Waals surface area (Å²) in [6, 6.07) is 0. The summed E-state index contributed by atoms with van der Waals surface area (Å²) >= 11 is 0. The Morgan fingerprint density at radius 3 is 2.65 bits per heavy atom. The summed E-state index contributed by atoms with van der Waals surface area (Å²) in [6.45, 7) is 3.30. The molecule has 4 heteroatoms. The Hall–Kier alpha value is -1.42. The molecule has 2 aliphatic rings. The molecule has 0 aliphatic heterocycles. The Morgan fingerprint density at radius 1 is 1.18 bits per heavy atom. The van der Waals surface area contributed by atoms with E-state index in [-0.39, 0.29) is 5.41 Å². The molecule has 0 saturated heterocycles. The SMILES string of the molecule is CC1(COC#N)CC2CC(COC#N)C(C2)C1. The maximum atomic E-state index is 8.50. The molecular formula is C13H18N2O2. The zero-order valence-corrected chi connectivity index (χ0v) is 10.2. The first-order chi connectivity index (χ1) is 8.17. The van der Waals surface area contributed by atoms with E-state index in [0.29, 0.717) is 31.0 Å². The van der Waals surface area contributed by atoms with Crippen molar-refractivity contribution in [3.63, 3.8) is 0 Å². The van der Waals surface area contributed by atoms with Crippen molar-refractivity contribution < 1.29 is 9.47 Å². The van der Waals surface area contributed by atoms with Gasteiger partial charge in [0.15, 0.2) is 0 Å². The molecule has 92 valence electrons. The van der Waals surface area contributed by atoms with Gasteiger partial charge in [-0.25, -0.2) is 0 Å². The van der Waals surface area contributed by atoms with Gasteiger partial charge in [-0.05, 0) is 43.4 Å². The van der Waals surface area contributed by atoms with E-state index in [2.05, 4.69) is 6.92 Å². The number of fused-ring (bicyclic) bond motifs is 2. The minimum absolute atomic E-state index is 0.130. The molecule has 0 N–H and O–H groups in total. The highest BCUT2D eigenvalue weighted by atomic mass is 16.5. The topological polar surface area (TPSA) is 66.0 Å². The second-order valence-electron chi connectivity index (χ2n) is 5.86. The van der Waals surface area contributed by atoms with Gasteiger partial charge < -0.3 is 9.47 Å². The molecule has 4 nitrogen and oxygen atoms in total. The van der Waals surface area contributed by atoms with Crippen molar-refractivity contribution in [3.8, 4) is 12.5 Å². The zero-order valence-electron chi connectivity index (χ0n) is 10.2. The van der Waals surface area contributed by atoms with Gasteiger partial charge in [0.05, 0.1) is 0 Å². The van der Waals surface area contributed by atoms with Gasteiger partial charge in [0.1, 0.15) is 13.2 Å². The lowest BCUT2D eigenvalue weighted by atomic mass is 9.70. The van der Waals surface area contributed by atoms with Crippen molar-refractivity contribution in [2.45, 2.75) is 32.6 Å². The molecule has 4 atom stereocenters. The van der Waals surface area contributed by atoms with Crippen molar-refractivity contribution in [1.82, 2.24) is 0 Å². The van der Waals surface area contributed by atoms with E-state index in [4.69, 9.17) is 20.0 Å².